The third-order valence-electron chi connectivity index (χ3n) is 3.31. The van der Waals surface area contributed by atoms with Crippen LogP contribution in [0.1, 0.15) is 57.6 Å². The number of nitrogens with zero attached hydrogens (tertiary/aromatic N) is 1. The van der Waals surface area contributed by atoms with E-state index in [0.717, 1.165) is 6.61 Å². The van der Waals surface area contributed by atoms with Crippen molar-refractivity contribution in [3.63, 3.8) is 0 Å². The summed E-state index contributed by atoms with van der Waals surface area (Å²) in [5.41, 5.74) is 0.715. The van der Waals surface area contributed by atoms with Gasteiger partial charge >= 0.3 is 0 Å². The number of hydrogen-bond acceptors (Lipinski definition) is 3. The van der Waals surface area contributed by atoms with Gasteiger partial charge in [-0.15, -0.1) is 0 Å². The fraction of sp³-hybridized carbons (Fsp3) is 0.688. The molecule has 3 nitrogen and oxygen atoms in total. The highest BCUT2D eigenvalue weighted by Crippen LogP contribution is 2.18. The normalized spacial score (nSPS) is 17.3. The Hall–Kier alpha value is -0.930. The Labute approximate surface area is 117 Å². The first-order valence-corrected chi connectivity index (χ1v) is 7.49. The maximum Gasteiger partial charge on any atom is 0.0852 e. The van der Waals surface area contributed by atoms with E-state index in [-0.39, 0.29) is 6.61 Å². The van der Waals surface area contributed by atoms with Crippen molar-refractivity contribution in [2.24, 2.45) is 0 Å². The van der Waals surface area contributed by atoms with E-state index in [1.807, 2.05) is 12.1 Å². The summed E-state index contributed by atoms with van der Waals surface area (Å²) in [7, 11) is 0. The molecule has 0 aliphatic carbocycles. The van der Waals surface area contributed by atoms with Crippen molar-refractivity contribution in [1.82, 2.24) is 4.98 Å². The molecule has 0 radical (unpaired) electrons. The molecule has 2 rings (SSSR count). The highest BCUT2D eigenvalue weighted by molar-refractivity contribution is 5.01. The van der Waals surface area contributed by atoms with Crippen LogP contribution >= 0.6 is 0 Å². The van der Waals surface area contributed by atoms with Crippen molar-refractivity contribution >= 4 is 0 Å². The summed E-state index contributed by atoms with van der Waals surface area (Å²) in [6.45, 7) is 3.30. The first-order chi connectivity index (χ1) is 9.36. The zero-order valence-corrected chi connectivity index (χ0v) is 12.1. The maximum absolute atomic E-state index is 8.48. The summed E-state index contributed by atoms with van der Waals surface area (Å²) < 4.78 is 5.34. The zero-order valence-electron chi connectivity index (χ0n) is 12.1. The molecule has 1 N–H and O–H groups in total. The summed E-state index contributed by atoms with van der Waals surface area (Å²) in [4.78, 5) is 3.85. The number of ether oxygens (including phenoxy) is 1. The fourth-order valence-corrected chi connectivity index (χ4v) is 1.98. The van der Waals surface area contributed by atoms with Gasteiger partial charge in [-0.1, -0.05) is 45.1 Å². The van der Waals surface area contributed by atoms with Crippen molar-refractivity contribution in [3.05, 3.63) is 30.1 Å². The topological polar surface area (TPSA) is 42.4 Å². The third kappa shape index (κ3) is 7.96. The molecule has 1 atom stereocenters. The maximum atomic E-state index is 8.48. The van der Waals surface area contributed by atoms with Crippen LogP contribution in [0.25, 0.3) is 0 Å². The number of aliphatic hydroxyl groups excluding tert-OH is 1. The van der Waals surface area contributed by atoms with Gasteiger partial charge in [-0.25, -0.2) is 0 Å². The molecule has 1 aromatic heterocycles. The Morgan fingerprint density at radius 1 is 1.26 bits per heavy atom. The first kappa shape index (κ1) is 16.1. The van der Waals surface area contributed by atoms with Crippen molar-refractivity contribution in [2.45, 2.75) is 64.6 Å². The number of aliphatic hydroxyl groups is 1. The van der Waals surface area contributed by atoms with E-state index < -0.39 is 0 Å². The fourth-order valence-electron chi connectivity index (χ4n) is 1.98. The molecule has 0 spiro atoms. The molecule has 1 unspecified atom stereocenters. The smallest absolute Gasteiger partial charge is 0.0852 e. The van der Waals surface area contributed by atoms with Gasteiger partial charge in [-0.2, -0.15) is 0 Å². The van der Waals surface area contributed by atoms with E-state index in [1.54, 1.807) is 12.3 Å². The molecular weight excluding hydrogens is 238 g/mol. The van der Waals surface area contributed by atoms with Gasteiger partial charge in [0.1, 0.15) is 0 Å². The molecule has 0 saturated carbocycles. The second-order valence-corrected chi connectivity index (χ2v) is 4.96. The van der Waals surface area contributed by atoms with Gasteiger partial charge in [0.25, 0.3) is 0 Å². The van der Waals surface area contributed by atoms with Gasteiger partial charge in [0, 0.05) is 12.8 Å². The van der Waals surface area contributed by atoms with Gasteiger partial charge in [0.2, 0.25) is 0 Å². The minimum absolute atomic E-state index is 0.0286. The van der Waals surface area contributed by atoms with Gasteiger partial charge in [0.05, 0.1) is 18.4 Å². The lowest BCUT2D eigenvalue weighted by molar-refractivity contribution is -0.0555. The van der Waals surface area contributed by atoms with E-state index >= 15 is 0 Å². The molecule has 19 heavy (non-hydrogen) atoms. The Bertz CT molecular complexity index is 299. The molecule has 0 bridgehead atoms. The Morgan fingerprint density at radius 2 is 2.05 bits per heavy atom. The summed E-state index contributed by atoms with van der Waals surface area (Å²) in [5.74, 6) is 0. The van der Waals surface area contributed by atoms with E-state index in [2.05, 4.69) is 11.9 Å². The van der Waals surface area contributed by atoms with Crippen LogP contribution in [-0.4, -0.2) is 22.8 Å². The molecule has 1 fully saturated rings. The number of rotatable bonds is 7. The van der Waals surface area contributed by atoms with Crippen molar-refractivity contribution in [3.8, 4) is 0 Å². The highest BCUT2D eigenvalue weighted by Gasteiger charge is 2.16. The van der Waals surface area contributed by atoms with E-state index in [0.29, 0.717) is 11.8 Å². The highest BCUT2D eigenvalue weighted by atomic mass is 16.5. The van der Waals surface area contributed by atoms with Crippen LogP contribution in [0.3, 0.4) is 0 Å². The summed E-state index contributed by atoms with van der Waals surface area (Å²) in [6, 6.07) is 5.44. The monoisotopic (exact) mass is 265 g/mol. The minimum Gasteiger partial charge on any atom is -0.390 e. The third-order valence-corrected chi connectivity index (χ3v) is 3.31. The van der Waals surface area contributed by atoms with Crippen LogP contribution in [0, 0.1) is 0 Å². The summed E-state index contributed by atoms with van der Waals surface area (Å²) in [6.07, 6.45) is 11.9. The number of aromatic nitrogens is 1. The average Bonchev–Trinajstić information content (AvgIpc) is 2.42. The quantitative estimate of drug-likeness (QED) is 0.764. The molecule has 2 heterocycles. The van der Waals surface area contributed by atoms with E-state index in [9.17, 15) is 0 Å². The summed E-state index contributed by atoms with van der Waals surface area (Å²) in [5, 5.41) is 8.48. The van der Waals surface area contributed by atoms with Crippen molar-refractivity contribution < 1.29 is 9.84 Å². The van der Waals surface area contributed by atoms with E-state index in [4.69, 9.17) is 9.84 Å². The van der Waals surface area contributed by atoms with Gasteiger partial charge in [0.15, 0.2) is 0 Å². The molecule has 0 aromatic carbocycles. The van der Waals surface area contributed by atoms with Crippen LogP contribution in [0.5, 0.6) is 0 Å². The van der Waals surface area contributed by atoms with E-state index in [1.165, 1.54) is 44.9 Å². The Kier molecular flexibility index (Phi) is 9.29. The molecular formula is C16H27NO2. The average molecular weight is 265 g/mol. The Balaban J connectivity index is 0.000000200. The largest absolute Gasteiger partial charge is 0.390 e. The lowest BCUT2D eigenvalue weighted by atomic mass is 10.0. The van der Waals surface area contributed by atoms with Crippen LogP contribution < -0.4 is 0 Å². The lowest BCUT2D eigenvalue weighted by Gasteiger charge is -2.26. The molecule has 108 valence electrons. The van der Waals surface area contributed by atoms with Crippen LogP contribution in [0.2, 0.25) is 0 Å². The standard InChI is InChI=1S/C10H20O.C6H7NO/c1-2-3-4-5-6-7-10-8-9-11-10;8-5-6-3-1-2-4-7-6/h10H,2-9H2,1H3;1-4,8H,5H2. The van der Waals surface area contributed by atoms with Crippen LogP contribution in [-0.2, 0) is 11.3 Å². The first-order valence-electron chi connectivity index (χ1n) is 7.49. The van der Waals surface area contributed by atoms with Crippen molar-refractivity contribution in [2.75, 3.05) is 6.61 Å². The predicted octanol–water partition coefficient (Wildman–Crippen LogP) is 3.71. The van der Waals surface area contributed by atoms with Crippen molar-refractivity contribution in [1.29, 1.82) is 0 Å². The number of pyridine rings is 1. The number of hydrogen-bond donors (Lipinski definition) is 1. The SMILES string of the molecule is CCCCCCCC1CCO1.OCc1ccccn1. The molecule has 1 saturated heterocycles. The van der Waals surface area contributed by atoms with Gasteiger partial charge < -0.3 is 9.84 Å². The van der Waals surface area contributed by atoms with Crippen LogP contribution in [0.15, 0.2) is 24.4 Å². The minimum atomic E-state index is 0.0286. The van der Waals surface area contributed by atoms with Gasteiger partial charge in [-0.3, -0.25) is 4.98 Å². The summed E-state index contributed by atoms with van der Waals surface area (Å²) >= 11 is 0. The second-order valence-electron chi connectivity index (χ2n) is 4.96. The predicted molar refractivity (Wildman–Crippen MR) is 77.9 cm³/mol. The molecule has 0 amide bonds. The van der Waals surface area contributed by atoms with Gasteiger partial charge in [-0.05, 0) is 25.0 Å². The number of unbranched alkanes of at least 4 members (excludes halogenated alkanes) is 4. The van der Waals surface area contributed by atoms with Crippen LogP contribution in [0.4, 0.5) is 0 Å². The molecule has 1 aliphatic heterocycles. The Morgan fingerprint density at radius 3 is 2.53 bits per heavy atom. The molecule has 1 aliphatic rings. The molecule has 3 heteroatoms. The zero-order chi connectivity index (χ0) is 13.8. The second kappa shape index (κ2) is 10.9. The lowest BCUT2D eigenvalue weighted by Crippen LogP contribution is -2.26. The molecule has 1 aromatic rings.